The molecule has 1 N–H and O–H groups in total. The van der Waals surface area contributed by atoms with Gasteiger partial charge in [0.25, 0.3) is 0 Å². The molecule has 0 unspecified atom stereocenters. The van der Waals surface area contributed by atoms with Crippen LogP contribution in [-0.4, -0.2) is 26.2 Å². The van der Waals surface area contributed by atoms with E-state index in [4.69, 9.17) is 4.52 Å². The van der Waals surface area contributed by atoms with E-state index >= 15 is 0 Å². The molecule has 1 fully saturated rings. The van der Waals surface area contributed by atoms with E-state index in [9.17, 15) is 9.90 Å². The Labute approximate surface area is 147 Å². The normalized spacial score (nSPS) is 16.6. The number of aromatic nitrogens is 3. The zero-order chi connectivity index (χ0) is 17.5. The molecule has 0 spiro atoms. The molecule has 0 aliphatic heterocycles. The highest BCUT2D eigenvalue weighted by atomic mass is 16.5. The number of aliphatic carboxylic acids is 1. The average molecular weight is 343 g/mol. The van der Waals surface area contributed by atoms with Crippen LogP contribution in [0.4, 0.5) is 0 Å². The molecule has 2 aromatic heterocycles. The van der Waals surface area contributed by atoms with E-state index < -0.39 is 5.97 Å². The smallest absolute Gasteiger partial charge is 0.304 e. The Hall–Kier alpha value is -2.24. The van der Waals surface area contributed by atoms with E-state index in [0.29, 0.717) is 17.4 Å². The molecule has 6 nitrogen and oxygen atoms in total. The number of rotatable bonds is 8. The minimum atomic E-state index is -0.833. The molecule has 1 aliphatic carbocycles. The van der Waals surface area contributed by atoms with E-state index in [1.807, 2.05) is 18.2 Å². The molecule has 0 amide bonds. The number of carboxylic acids is 1. The third-order valence-corrected chi connectivity index (χ3v) is 5.00. The van der Waals surface area contributed by atoms with Gasteiger partial charge < -0.3 is 9.63 Å². The van der Waals surface area contributed by atoms with Crippen LogP contribution in [0, 0.1) is 5.92 Å². The summed E-state index contributed by atoms with van der Waals surface area (Å²) < 4.78 is 5.36. The summed E-state index contributed by atoms with van der Waals surface area (Å²) in [7, 11) is 0. The van der Waals surface area contributed by atoms with Gasteiger partial charge in [-0.1, -0.05) is 56.2 Å². The zero-order valence-corrected chi connectivity index (χ0v) is 14.4. The Morgan fingerprint density at radius 2 is 2.12 bits per heavy atom. The summed E-state index contributed by atoms with van der Waals surface area (Å²) >= 11 is 0. The van der Waals surface area contributed by atoms with Crippen molar-refractivity contribution in [2.24, 2.45) is 5.92 Å². The Balaban J connectivity index is 1.62. The second-order valence-electron chi connectivity index (χ2n) is 6.90. The molecular formula is C19H25N3O3. The number of hydrogen-bond acceptors (Lipinski definition) is 5. The summed E-state index contributed by atoms with van der Waals surface area (Å²) in [5.74, 6) is 0.558. The first-order valence-corrected chi connectivity index (χ1v) is 9.19. The van der Waals surface area contributed by atoms with E-state index in [2.05, 4.69) is 15.1 Å². The predicted octanol–water partition coefficient (Wildman–Crippen LogP) is 4.44. The maximum absolute atomic E-state index is 11.2. The molecule has 0 radical (unpaired) electrons. The van der Waals surface area contributed by atoms with Crippen LogP contribution in [-0.2, 0) is 4.79 Å². The molecule has 0 saturated heterocycles. The lowest BCUT2D eigenvalue weighted by molar-refractivity contribution is -0.137. The van der Waals surface area contributed by atoms with Gasteiger partial charge in [0.05, 0.1) is 6.42 Å². The topological polar surface area (TPSA) is 89.1 Å². The number of pyridine rings is 1. The number of nitrogens with zero attached hydrogens (tertiary/aromatic N) is 3. The van der Waals surface area contributed by atoms with Gasteiger partial charge in [-0.2, -0.15) is 4.98 Å². The molecule has 6 heteroatoms. The van der Waals surface area contributed by atoms with Gasteiger partial charge in [0.2, 0.25) is 11.7 Å². The molecule has 1 atom stereocenters. The van der Waals surface area contributed by atoms with Gasteiger partial charge in [-0.05, 0) is 24.5 Å². The van der Waals surface area contributed by atoms with E-state index in [1.165, 1.54) is 32.1 Å². The van der Waals surface area contributed by atoms with Crippen LogP contribution in [0.5, 0.6) is 0 Å². The van der Waals surface area contributed by atoms with Gasteiger partial charge in [0, 0.05) is 12.1 Å². The minimum absolute atomic E-state index is 0.0223. The second-order valence-corrected chi connectivity index (χ2v) is 6.90. The predicted molar refractivity (Wildman–Crippen MR) is 92.9 cm³/mol. The minimum Gasteiger partial charge on any atom is -0.481 e. The van der Waals surface area contributed by atoms with Crippen LogP contribution in [0.15, 0.2) is 28.9 Å². The molecule has 2 aromatic rings. The van der Waals surface area contributed by atoms with Gasteiger partial charge in [-0.3, -0.25) is 9.78 Å². The van der Waals surface area contributed by atoms with Crippen molar-refractivity contribution in [3.63, 3.8) is 0 Å². The van der Waals surface area contributed by atoms with Crippen molar-refractivity contribution in [2.45, 2.75) is 63.7 Å². The van der Waals surface area contributed by atoms with Crippen molar-refractivity contribution in [2.75, 3.05) is 0 Å². The maximum atomic E-state index is 11.2. The van der Waals surface area contributed by atoms with Crippen LogP contribution in [0.2, 0.25) is 0 Å². The Bertz CT molecular complexity index is 666. The molecule has 3 rings (SSSR count). The number of carboxylic acid groups (broad SMARTS) is 1. The lowest BCUT2D eigenvalue weighted by atomic mass is 9.84. The first kappa shape index (κ1) is 17.6. The Morgan fingerprint density at radius 1 is 1.28 bits per heavy atom. The van der Waals surface area contributed by atoms with Gasteiger partial charge in [0.15, 0.2) is 0 Å². The SMILES string of the molecule is O=C(O)C[C@@H](CCCC1CCCCC1)c1nc(-c2ccccn2)no1. The van der Waals surface area contributed by atoms with E-state index in [-0.39, 0.29) is 12.3 Å². The zero-order valence-electron chi connectivity index (χ0n) is 14.4. The van der Waals surface area contributed by atoms with Crippen LogP contribution >= 0.6 is 0 Å². The van der Waals surface area contributed by atoms with Crippen LogP contribution in [0.25, 0.3) is 11.5 Å². The standard InChI is InChI=1S/C19H25N3O3/c23-17(24)13-15(10-6-9-14-7-2-1-3-8-14)19-21-18(22-25-19)16-11-4-5-12-20-16/h4-5,11-12,14-15H,1-3,6-10,13H2,(H,23,24)/t15-/m1/s1. The monoisotopic (exact) mass is 343 g/mol. The van der Waals surface area contributed by atoms with Crippen molar-refractivity contribution >= 4 is 5.97 Å². The fourth-order valence-corrected chi connectivity index (χ4v) is 3.65. The summed E-state index contributed by atoms with van der Waals surface area (Å²) in [4.78, 5) is 19.8. The van der Waals surface area contributed by atoms with Gasteiger partial charge in [-0.25, -0.2) is 0 Å². The van der Waals surface area contributed by atoms with Crippen molar-refractivity contribution in [1.29, 1.82) is 0 Å². The van der Waals surface area contributed by atoms with Crippen LogP contribution < -0.4 is 0 Å². The van der Waals surface area contributed by atoms with Crippen LogP contribution in [0.3, 0.4) is 0 Å². The molecule has 134 valence electrons. The summed E-state index contributed by atoms with van der Waals surface area (Å²) in [5, 5.41) is 13.2. The van der Waals surface area contributed by atoms with Crippen molar-refractivity contribution in [3.05, 3.63) is 30.3 Å². The van der Waals surface area contributed by atoms with Crippen molar-refractivity contribution in [3.8, 4) is 11.5 Å². The van der Waals surface area contributed by atoms with Crippen LogP contribution in [0.1, 0.15) is 69.6 Å². The highest BCUT2D eigenvalue weighted by molar-refractivity contribution is 5.67. The van der Waals surface area contributed by atoms with Gasteiger partial charge in [0.1, 0.15) is 5.69 Å². The Kier molecular flexibility index (Phi) is 6.14. The first-order valence-electron chi connectivity index (χ1n) is 9.19. The number of hydrogen-bond donors (Lipinski definition) is 1. The fourth-order valence-electron chi connectivity index (χ4n) is 3.65. The highest BCUT2D eigenvalue weighted by Gasteiger charge is 2.23. The lowest BCUT2D eigenvalue weighted by Gasteiger charge is -2.21. The summed E-state index contributed by atoms with van der Waals surface area (Å²) in [6, 6.07) is 5.49. The molecule has 2 heterocycles. The Morgan fingerprint density at radius 3 is 2.84 bits per heavy atom. The fraction of sp³-hybridized carbons (Fsp3) is 0.579. The number of carbonyl (C=O) groups is 1. The first-order chi connectivity index (χ1) is 12.2. The van der Waals surface area contributed by atoms with Crippen molar-refractivity contribution in [1.82, 2.24) is 15.1 Å². The second kappa shape index (κ2) is 8.74. The molecule has 0 bridgehead atoms. The highest BCUT2D eigenvalue weighted by Crippen LogP contribution is 2.31. The molecule has 1 aliphatic rings. The molecule has 25 heavy (non-hydrogen) atoms. The summed E-state index contributed by atoms with van der Waals surface area (Å²) in [6.07, 6.45) is 11.3. The van der Waals surface area contributed by atoms with Gasteiger partial charge in [-0.15, -0.1) is 0 Å². The molecule has 1 saturated carbocycles. The average Bonchev–Trinajstić information content (AvgIpc) is 3.12. The summed E-state index contributed by atoms with van der Waals surface area (Å²) in [5.41, 5.74) is 0.633. The lowest BCUT2D eigenvalue weighted by Crippen LogP contribution is -2.10. The van der Waals surface area contributed by atoms with E-state index in [1.54, 1.807) is 6.20 Å². The van der Waals surface area contributed by atoms with Gasteiger partial charge >= 0.3 is 5.97 Å². The summed E-state index contributed by atoms with van der Waals surface area (Å²) in [6.45, 7) is 0. The third kappa shape index (κ3) is 5.11. The van der Waals surface area contributed by atoms with Crippen molar-refractivity contribution < 1.29 is 14.4 Å². The maximum Gasteiger partial charge on any atom is 0.304 e. The molecular weight excluding hydrogens is 318 g/mol. The quantitative estimate of drug-likeness (QED) is 0.762. The largest absolute Gasteiger partial charge is 0.481 e. The van der Waals surface area contributed by atoms with E-state index in [0.717, 1.165) is 25.2 Å². The third-order valence-electron chi connectivity index (χ3n) is 5.00. The molecule has 0 aromatic carbocycles.